The molecule has 0 aliphatic rings. The van der Waals surface area contributed by atoms with E-state index in [0.29, 0.717) is 6.42 Å². The lowest BCUT2D eigenvalue weighted by atomic mass is 10.0. The zero-order valence-corrected chi connectivity index (χ0v) is 13.7. The Hall–Kier alpha value is -1.85. The molecule has 0 bridgehead atoms. The maximum atomic E-state index is 11.7. The van der Waals surface area contributed by atoms with Gasteiger partial charge in [0, 0.05) is 19.2 Å². The predicted molar refractivity (Wildman–Crippen MR) is 90.8 cm³/mol. The van der Waals surface area contributed by atoms with E-state index in [-0.39, 0.29) is 30.3 Å². The number of hydrogen-bond donors (Lipinski definition) is 3. The van der Waals surface area contributed by atoms with Gasteiger partial charge in [0.05, 0.1) is 6.04 Å². The Morgan fingerprint density at radius 1 is 1.27 bits per heavy atom. The van der Waals surface area contributed by atoms with E-state index in [1.54, 1.807) is 20.0 Å². The summed E-state index contributed by atoms with van der Waals surface area (Å²) in [6.45, 7) is 1.63. The van der Waals surface area contributed by atoms with Crippen molar-refractivity contribution in [1.82, 2.24) is 10.6 Å². The van der Waals surface area contributed by atoms with Gasteiger partial charge in [0.15, 0.2) is 0 Å². The molecule has 1 aromatic carbocycles. The first-order valence-corrected chi connectivity index (χ1v) is 7.02. The average molecular weight is 326 g/mol. The summed E-state index contributed by atoms with van der Waals surface area (Å²) in [5.74, 6) is -0.427. The fourth-order valence-corrected chi connectivity index (χ4v) is 1.78. The van der Waals surface area contributed by atoms with Gasteiger partial charge >= 0.3 is 0 Å². The molecule has 2 amide bonds. The maximum absolute atomic E-state index is 11.7. The molecular formula is C16H24ClN3O2. The maximum Gasteiger partial charge on any atom is 0.243 e. The summed E-state index contributed by atoms with van der Waals surface area (Å²) < 4.78 is 0. The van der Waals surface area contributed by atoms with Crippen LogP contribution in [0.4, 0.5) is 0 Å². The molecule has 1 rings (SSSR count). The number of hydrogen-bond acceptors (Lipinski definition) is 3. The summed E-state index contributed by atoms with van der Waals surface area (Å²) in [6, 6.07) is 9.19. The number of likely N-dealkylation sites (N-methyl/N-ethyl adjacent to an activating group) is 1. The summed E-state index contributed by atoms with van der Waals surface area (Å²) in [7, 11) is 1.56. The van der Waals surface area contributed by atoms with Gasteiger partial charge in [-0.2, -0.15) is 0 Å². The van der Waals surface area contributed by atoms with Gasteiger partial charge in [-0.05, 0) is 25.3 Å². The molecule has 122 valence electrons. The van der Waals surface area contributed by atoms with E-state index in [1.165, 1.54) is 11.6 Å². The average Bonchev–Trinajstić information content (AvgIpc) is 2.50. The molecule has 0 saturated heterocycles. The van der Waals surface area contributed by atoms with Gasteiger partial charge in [-0.3, -0.25) is 9.59 Å². The molecule has 4 N–H and O–H groups in total. The fourth-order valence-electron chi connectivity index (χ4n) is 1.78. The molecule has 5 nitrogen and oxygen atoms in total. The Labute approximate surface area is 137 Å². The first-order chi connectivity index (χ1) is 10.0. The van der Waals surface area contributed by atoms with E-state index in [2.05, 4.69) is 10.6 Å². The van der Waals surface area contributed by atoms with Crippen molar-refractivity contribution in [2.75, 3.05) is 7.05 Å². The molecule has 1 aromatic rings. The Morgan fingerprint density at radius 2 is 1.91 bits per heavy atom. The predicted octanol–water partition coefficient (Wildman–Crippen LogP) is 1.18. The molecule has 0 unspecified atom stereocenters. The molecule has 0 fully saturated rings. The summed E-state index contributed by atoms with van der Waals surface area (Å²) >= 11 is 0. The zero-order chi connectivity index (χ0) is 15.7. The summed E-state index contributed by atoms with van der Waals surface area (Å²) in [4.78, 5) is 23.0. The lowest BCUT2D eigenvalue weighted by Gasteiger charge is -2.16. The number of aryl methyl sites for hydroxylation is 1. The standard InChI is InChI=1S/C16H23N3O2.ClH/c1-12(17)16(21)19-14(10-11-15(20)18-2)9-8-13-6-4-3-5-7-13;/h3-7,10-12,14H,8-9,17H2,1-2H3,(H,18,20)(H,19,21);1H/b11-10+;/t12-,14-;/m0./s1. The third-order valence-electron chi connectivity index (χ3n) is 3.05. The highest BCUT2D eigenvalue weighted by atomic mass is 35.5. The van der Waals surface area contributed by atoms with Crippen LogP contribution in [0.2, 0.25) is 0 Å². The highest BCUT2D eigenvalue weighted by Crippen LogP contribution is 2.06. The van der Waals surface area contributed by atoms with E-state index >= 15 is 0 Å². The van der Waals surface area contributed by atoms with E-state index in [1.807, 2.05) is 30.3 Å². The van der Waals surface area contributed by atoms with Crippen molar-refractivity contribution >= 4 is 24.2 Å². The number of nitrogens with two attached hydrogens (primary N) is 1. The third kappa shape index (κ3) is 7.81. The van der Waals surface area contributed by atoms with E-state index in [0.717, 1.165) is 6.42 Å². The second kappa shape index (κ2) is 10.8. The third-order valence-corrected chi connectivity index (χ3v) is 3.05. The van der Waals surface area contributed by atoms with Crippen LogP contribution in [0.3, 0.4) is 0 Å². The quantitative estimate of drug-likeness (QED) is 0.658. The van der Waals surface area contributed by atoms with Gasteiger partial charge in [0.1, 0.15) is 0 Å². The van der Waals surface area contributed by atoms with E-state index in [9.17, 15) is 9.59 Å². The number of nitrogens with one attached hydrogen (secondary N) is 2. The van der Waals surface area contributed by atoms with Gasteiger partial charge in [0.25, 0.3) is 0 Å². The second-order valence-corrected chi connectivity index (χ2v) is 4.90. The van der Waals surface area contributed by atoms with Crippen molar-refractivity contribution in [3.63, 3.8) is 0 Å². The minimum Gasteiger partial charge on any atom is -0.356 e. The van der Waals surface area contributed by atoms with Gasteiger partial charge in [0.2, 0.25) is 11.8 Å². The van der Waals surface area contributed by atoms with Crippen LogP contribution in [0.5, 0.6) is 0 Å². The van der Waals surface area contributed by atoms with Gasteiger partial charge in [-0.15, -0.1) is 12.4 Å². The number of halogens is 1. The number of carbonyl (C=O) groups is 2. The van der Waals surface area contributed by atoms with Crippen molar-refractivity contribution < 1.29 is 9.59 Å². The lowest BCUT2D eigenvalue weighted by Crippen LogP contribution is -2.43. The van der Waals surface area contributed by atoms with Crippen LogP contribution in [0.25, 0.3) is 0 Å². The molecule has 0 aliphatic heterocycles. The first-order valence-electron chi connectivity index (χ1n) is 7.02. The van der Waals surface area contributed by atoms with Crippen LogP contribution in [0.1, 0.15) is 18.9 Å². The van der Waals surface area contributed by atoms with Gasteiger partial charge in [-0.25, -0.2) is 0 Å². The van der Waals surface area contributed by atoms with Crippen molar-refractivity contribution in [2.24, 2.45) is 5.73 Å². The van der Waals surface area contributed by atoms with Crippen molar-refractivity contribution in [1.29, 1.82) is 0 Å². The number of carbonyl (C=O) groups excluding carboxylic acids is 2. The SMILES string of the molecule is CNC(=O)/C=C/[C@H](CCc1ccccc1)NC(=O)[C@H](C)N.Cl. The fraction of sp³-hybridized carbons (Fsp3) is 0.375. The minimum atomic E-state index is -0.572. The Bertz CT molecular complexity index is 489. The Balaban J connectivity index is 0.00000441. The molecule has 22 heavy (non-hydrogen) atoms. The molecule has 6 heteroatoms. The topological polar surface area (TPSA) is 84.2 Å². The highest BCUT2D eigenvalue weighted by molar-refractivity contribution is 5.87. The second-order valence-electron chi connectivity index (χ2n) is 4.90. The molecule has 0 saturated carbocycles. The zero-order valence-electron chi connectivity index (χ0n) is 12.9. The molecule has 0 heterocycles. The largest absolute Gasteiger partial charge is 0.356 e. The van der Waals surface area contributed by atoms with Crippen LogP contribution in [0, 0.1) is 0 Å². The Morgan fingerprint density at radius 3 is 2.45 bits per heavy atom. The number of amides is 2. The van der Waals surface area contributed by atoms with Crippen molar-refractivity contribution in [3.05, 3.63) is 48.0 Å². The van der Waals surface area contributed by atoms with Crippen LogP contribution < -0.4 is 16.4 Å². The van der Waals surface area contributed by atoms with Crippen LogP contribution in [-0.2, 0) is 16.0 Å². The highest BCUT2D eigenvalue weighted by Gasteiger charge is 2.13. The minimum absolute atomic E-state index is 0. The van der Waals surface area contributed by atoms with Crippen LogP contribution in [-0.4, -0.2) is 30.9 Å². The molecule has 0 radical (unpaired) electrons. The smallest absolute Gasteiger partial charge is 0.243 e. The number of rotatable bonds is 7. The van der Waals surface area contributed by atoms with E-state index < -0.39 is 6.04 Å². The number of benzene rings is 1. The monoisotopic (exact) mass is 325 g/mol. The van der Waals surface area contributed by atoms with Crippen LogP contribution >= 0.6 is 12.4 Å². The summed E-state index contributed by atoms with van der Waals surface area (Å²) in [6.07, 6.45) is 4.64. The lowest BCUT2D eigenvalue weighted by molar-refractivity contribution is -0.122. The summed E-state index contributed by atoms with van der Waals surface area (Å²) in [5.41, 5.74) is 6.74. The first kappa shape index (κ1) is 20.1. The van der Waals surface area contributed by atoms with E-state index in [4.69, 9.17) is 5.73 Å². The van der Waals surface area contributed by atoms with Gasteiger partial charge in [-0.1, -0.05) is 36.4 Å². The normalized spacial score (nSPS) is 13.0. The molecule has 0 aromatic heterocycles. The van der Waals surface area contributed by atoms with Crippen molar-refractivity contribution in [2.45, 2.75) is 31.8 Å². The van der Waals surface area contributed by atoms with Crippen LogP contribution in [0.15, 0.2) is 42.5 Å². The molecule has 0 aliphatic carbocycles. The van der Waals surface area contributed by atoms with Crippen molar-refractivity contribution in [3.8, 4) is 0 Å². The molecule has 0 spiro atoms. The Kier molecular flexibility index (Phi) is 9.91. The summed E-state index contributed by atoms with van der Waals surface area (Å²) in [5, 5.41) is 5.34. The molecular weight excluding hydrogens is 302 g/mol. The van der Waals surface area contributed by atoms with Gasteiger partial charge < -0.3 is 16.4 Å². The molecule has 2 atom stereocenters.